The first-order valence-corrected chi connectivity index (χ1v) is 7.81. The number of tetrazole rings is 1. The number of thioether (sulfide) groups is 1. The minimum Gasteiger partial charge on any atom is -0.310 e. The summed E-state index contributed by atoms with van der Waals surface area (Å²) in [6, 6.07) is 6.57. The molecule has 2 rings (SSSR count). The normalized spacial score (nSPS) is 11.8. The zero-order valence-corrected chi connectivity index (χ0v) is 13.3. The molecule has 0 saturated heterocycles. The van der Waals surface area contributed by atoms with E-state index in [1.807, 2.05) is 6.07 Å². The Bertz CT molecular complexity index is 579. The van der Waals surface area contributed by atoms with Gasteiger partial charge in [-0.15, -0.1) is 5.10 Å². The molecule has 0 amide bonds. The fourth-order valence-corrected chi connectivity index (χ4v) is 2.60. The van der Waals surface area contributed by atoms with Crippen LogP contribution in [-0.4, -0.2) is 32.3 Å². The number of nitrogens with zero attached hydrogens (tertiary/aromatic N) is 4. The van der Waals surface area contributed by atoms with Crippen molar-refractivity contribution in [3.8, 4) is 0 Å². The van der Waals surface area contributed by atoms with E-state index in [4.69, 9.17) is 0 Å². The van der Waals surface area contributed by atoms with Crippen molar-refractivity contribution in [3.05, 3.63) is 35.6 Å². The van der Waals surface area contributed by atoms with Gasteiger partial charge in [-0.25, -0.2) is 9.07 Å². The quantitative estimate of drug-likeness (QED) is 0.831. The number of nitrogens with one attached hydrogen (secondary N) is 1. The molecule has 1 aromatic heterocycles. The highest BCUT2D eigenvalue weighted by Gasteiger charge is 2.10. The molecular formula is C14H20FN5S. The molecule has 7 heteroatoms. The zero-order chi connectivity index (χ0) is 15.3. The van der Waals surface area contributed by atoms with Gasteiger partial charge in [0, 0.05) is 17.8 Å². The number of halogens is 1. The SMILES string of the molecule is CC(C)(C)NCCn1nnnc1SCc1cccc(F)c1. The first kappa shape index (κ1) is 15.9. The summed E-state index contributed by atoms with van der Waals surface area (Å²) < 4.78 is 14.9. The number of rotatable bonds is 6. The maximum Gasteiger partial charge on any atom is 0.209 e. The van der Waals surface area contributed by atoms with Crippen molar-refractivity contribution in [2.24, 2.45) is 0 Å². The van der Waals surface area contributed by atoms with Crippen molar-refractivity contribution >= 4 is 11.8 Å². The third-order valence-corrected chi connectivity index (χ3v) is 3.76. The Kier molecular flexibility index (Phi) is 5.30. The van der Waals surface area contributed by atoms with Gasteiger partial charge >= 0.3 is 0 Å². The number of hydrogen-bond acceptors (Lipinski definition) is 5. The number of benzene rings is 1. The molecule has 0 aliphatic rings. The molecule has 0 aliphatic carbocycles. The van der Waals surface area contributed by atoms with Crippen LogP contribution in [0.1, 0.15) is 26.3 Å². The predicted molar refractivity (Wildman–Crippen MR) is 81.5 cm³/mol. The highest BCUT2D eigenvalue weighted by Crippen LogP contribution is 2.20. The molecule has 0 unspecified atom stereocenters. The van der Waals surface area contributed by atoms with E-state index in [-0.39, 0.29) is 11.4 Å². The highest BCUT2D eigenvalue weighted by atomic mass is 32.2. The fraction of sp³-hybridized carbons (Fsp3) is 0.500. The number of aromatic nitrogens is 4. The van der Waals surface area contributed by atoms with E-state index in [2.05, 4.69) is 41.6 Å². The van der Waals surface area contributed by atoms with Gasteiger partial charge in [-0.3, -0.25) is 0 Å². The number of hydrogen-bond donors (Lipinski definition) is 1. The molecule has 0 saturated carbocycles. The van der Waals surface area contributed by atoms with E-state index < -0.39 is 0 Å². The molecule has 2 aromatic rings. The van der Waals surface area contributed by atoms with Gasteiger partial charge in [-0.1, -0.05) is 23.9 Å². The molecule has 21 heavy (non-hydrogen) atoms. The van der Waals surface area contributed by atoms with Crippen molar-refractivity contribution in [1.82, 2.24) is 25.5 Å². The van der Waals surface area contributed by atoms with Gasteiger partial charge in [0.1, 0.15) is 5.82 Å². The average molecular weight is 309 g/mol. The van der Waals surface area contributed by atoms with E-state index in [9.17, 15) is 4.39 Å². The Morgan fingerprint density at radius 2 is 2.14 bits per heavy atom. The van der Waals surface area contributed by atoms with Crippen LogP contribution in [-0.2, 0) is 12.3 Å². The van der Waals surface area contributed by atoms with Gasteiger partial charge in [0.2, 0.25) is 5.16 Å². The minimum absolute atomic E-state index is 0.0723. The fourth-order valence-electron chi connectivity index (χ4n) is 1.75. The molecule has 1 heterocycles. The topological polar surface area (TPSA) is 55.6 Å². The van der Waals surface area contributed by atoms with Gasteiger partial charge in [0.15, 0.2) is 0 Å². The summed E-state index contributed by atoms with van der Waals surface area (Å²) in [5.74, 6) is 0.423. The van der Waals surface area contributed by atoms with Crippen LogP contribution in [0.25, 0.3) is 0 Å². The molecular weight excluding hydrogens is 289 g/mol. The maximum atomic E-state index is 13.1. The first-order chi connectivity index (χ1) is 9.94. The standard InChI is InChI=1S/C14H20FN5S/c1-14(2,3)16-7-8-20-13(17-18-19-20)21-10-11-5-4-6-12(15)9-11/h4-6,9,16H,7-8,10H2,1-3H3. The second-order valence-electron chi connectivity index (χ2n) is 5.78. The molecule has 0 aliphatic heterocycles. The van der Waals surface area contributed by atoms with E-state index in [1.165, 1.54) is 23.9 Å². The van der Waals surface area contributed by atoms with Gasteiger partial charge < -0.3 is 5.32 Å². The van der Waals surface area contributed by atoms with Crippen LogP contribution in [0.2, 0.25) is 0 Å². The Labute approximate surface area is 128 Å². The predicted octanol–water partition coefficient (Wildman–Crippen LogP) is 2.49. The first-order valence-electron chi connectivity index (χ1n) is 6.82. The lowest BCUT2D eigenvalue weighted by Crippen LogP contribution is -2.38. The molecule has 0 bridgehead atoms. The van der Waals surface area contributed by atoms with Crippen molar-refractivity contribution in [3.63, 3.8) is 0 Å². The van der Waals surface area contributed by atoms with Crippen molar-refractivity contribution < 1.29 is 4.39 Å². The Hall–Kier alpha value is -1.47. The van der Waals surface area contributed by atoms with Gasteiger partial charge in [0.05, 0.1) is 6.54 Å². The molecule has 1 N–H and O–H groups in total. The summed E-state index contributed by atoms with van der Waals surface area (Å²) in [7, 11) is 0. The van der Waals surface area contributed by atoms with Crippen LogP contribution < -0.4 is 5.32 Å². The average Bonchev–Trinajstić information content (AvgIpc) is 2.82. The van der Waals surface area contributed by atoms with Crippen molar-refractivity contribution in [2.75, 3.05) is 6.54 Å². The monoisotopic (exact) mass is 309 g/mol. The van der Waals surface area contributed by atoms with Gasteiger partial charge in [-0.05, 0) is 48.9 Å². The molecule has 0 atom stereocenters. The Morgan fingerprint density at radius 3 is 2.86 bits per heavy atom. The van der Waals surface area contributed by atoms with Crippen LogP contribution in [0.15, 0.2) is 29.4 Å². The second-order valence-corrected chi connectivity index (χ2v) is 6.72. The molecule has 1 aromatic carbocycles. The summed E-state index contributed by atoms with van der Waals surface area (Å²) in [6.07, 6.45) is 0. The third-order valence-electron chi connectivity index (χ3n) is 2.73. The lowest BCUT2D eigenvalue weighted by atomic mass is 10.1. The summed E-state index contributed by atoms with van der Waals surface area (Å²) in [5.41, 5.74) is 0.991. The maximum absolute atomic E-state index is 13.1. The second kappa shape index (κ2) is 7.00. The van der Waals surface area contributed by atoms with Crippen molar-refractivity contribution in [2.45, 2.75) is 43.8 Å². The van der Waals surface area contributed by atoms with E-state index in [0.717, 1.165) is 17.3 Å². The smallest absolute Gasteiger partial charge is 0.209 e. The summed E-state index contributed by atoms with van der Waals surface area (Å²) >= 11 is 1.51. The van der Waals surface area contributed by atoms with E-state index >= 15 is 0 Å². The van der Waals surface area contributed by atoms with Crippen LogP contribution >= 0.6 is 11.8 Å². The highest BCUT2D eigenvalue weighted by molar-refractivity contribution is 7.98. The largest absolute Gasteiger partial charge is 0.310 e. The lowest BCUT2D eigenvalue weighted by molar-refractivity contribution is 0.396. The van der Waals surface area contributed by atoms with E-state index in [0.29, 0.717) is 12.3 Å². The molecule has 0 fully saturated rings. The Morgan fingerprint density at radius 1 is 1.33 bits per heavy atom. The summed E-state index contributed by atoms with van der Waals surface area (Å²) in [6.45, 7) is 7.85. The summed E-state index contributed by atoms with van der Waals surface area (Å²) in [4.78, 5) is 0. The molecule has 0 radical (unpaired) electrons. The van der Waals surface area contributed by atoms with Gasteiger partial charge in [0.25, 0.3) is 0 Å². The van der Waals surface area contributed by atoms with Crippen LogP contribution in [0.4, 0.5) is 4.39 Å². The Balaban J connectivity index is 1.88. The third kappa shape index (κ3) is 5.43. The van der Waals surface area contributed by atoms with Crippen LogP contribution in [0.5, 0.6) is 0 Å². The van der Waals surface area contributed by atoms with Crippen molar-refractivity contribution in [1.29, 1.82) is 0 Å². The summed E-state index contributed by atoms with van der Waals surface area (Å²) in [5, 5.41) is 15.8. The molecule has 114 valence electrons. The lowest BCUT2D eigenvalue weighted by Gasteiger charge is -2.20. The molecule has 5 nitrogen and oxygen atoms in total. The van der Waals surface area contributed by atoms with Crippen LogP contribution in [0.3, 0.4) is 0 Å². The van der Waals surface area contributed by atoms with E-state index in [1.54, 1.807) is 10.7 Å². The van der Waals surface area contributed by atoms with Crippen LogP contribution in [0, 0.1) is 5.82 Å². The van der Waals surface area contributed by atoms with Gasteiger partial charge in [-0.2, -0.15) is 0 Å². The molecule has 0 spiro atoms. The minimum atomic E-state index is -0.220. The zero-order valence-electron chi connectivity index (χ0n) is 12.5.